The van der Waals surface area contributed by atoms with Gasteiger partial charge < -0.3 is 14.5 Å². The van der Waals surface area contributed by atoms with Crippen molar-refractivity contribution in [2.45, 2.75) is 19.4 Å². The molecule has 1 atom stereocenters. The number of rotatable bonds is 5. The molecule has 0 radical (unpaired) electrons. The van der Waals surface area contributed by atoms with E-state index in [1.165, 1.54) is 36.4 Å². The number of nitrogens with one attached hydrogen (secondary N) is 1. The van der Waals surface area contributed by atoms with Crippen LogP contribution in [0.5, 0.6) is 5.75 Å². The molecule has 132 valence electrons. The summed E-state index contributed by atoms with van der Waals surface area (Å²) in [7, 11) is 0. The van der Waals surface area contributed by atoms with Gasteiger partial charge in [-0.3, -0.25) is 0 Å². The monoisotopic (exact) mass is 354 g/mol. The molecule has 1 N–H and O–H groups in total. The molecule has 0 aliphatic carbocycles. The lowest BCUT2D eigenvalue weighted by Crippen LogP contribution is -2.17. The number of hydrogen-bond acceptors (Lipinski definition) is 3. The number of hydrogen-bond donors (Lipinski definition) is 1. The molecule has 0 saturated carbocycles. The molecule has 0 aliphatic rings. The zero-order chi connectivity index (χ0) is 18.0. The quantitative estimate of drug-likeness (QED) is 0.674. The maximum Gasteiger partial charge on any atom is 0.573 e. The SMILES string of the molecule is CCOC(c1ccc(OC(F)(F)F)cc1)c1nc2cc(F)ccc2[nH]1. The van der Waals surface area contributed by atoms with Crippen LogP contribution in [0.25, 0.3) is 11.0 Å². The lowest BCUT2D eigenvalue weighted by molar-refractivity contribution is -0.274. The minimum Gasteiger partial charge on any atom is -0.406 e. The highest BCUT2D eigenvalue weighted by molar-refractivity contribution is 5.75. The molecule has 3 rings (SSSR count). The van der Waals surface area contributed by atoms with E-state index in [0.717, 1.165) is 0 Å². The van der Waals surface area contributed by atoms with Crippen molar-refractivity contribution < 1.29 is 27.0 Å². The molecular formula is C17H14F4N2O2. The Bertz CT molecular complexity index is 859. The summed E-state index contributed by atoms with van der Waals surface area (Å²) in [6.07, 6.45) is -5.37. The summed E-state index contributed by atoms with van der Waals surface area (Å²) in [5.41, 5.74) is 1.67. The first-order valence-corrected chi connectivity index (χ1v) is 7.48. The zero-order valence-corrected chi connectivity index (χ0v) is 13.1. The number of benzene rings is 2. The second-order valence-electron chi connectivity index (χ2n) is 5.24. The van der Waals surface area contributed by atoms with Gasteiger partial charge in [-0.15, -0.1) is 13.2 Å². The number of imidazole rings is 1. The fourth-order valence-corrected chi connectivity index (χ4v) is 2.47. The first-order valence-electron chi connectivity index (χ1n) is 7.48. The van der Waals surface area contributed by atoms with Gasteiger partial charge in [0.1, 0.15) is 23.5 Å². The van der Waals surface area contributed by atoms with Crippen LogP contribution in [0.4, 0.5) is 17.6 Å². The van der Waals surface area contributed by atoms with Gasteiger partial charge in [0.15, 0.2) is 0 Å². The van der Waals surface area contributed by atoms with E-state index in [4.69, 9.17) is 4.74 Å². The summed E-state index contributed by atoms with van der Waals surface area (Å²) < 4.78 is 59.6. The predicted octanol–water partition coefficient (Wildman–Crippen LogP) is 4.73. The highest BCUT2D eigenvalue weighted by Gasteiger charge is 2.31. The molecule has 0 amide bonds. The molecule has 0 saturated heterocycles. The third-order valence-corrected chi connectivity index (χ3v) is 3.46. The number of ether oxygens (including phenoxy) is 2. The Morgan fingerprint density at radius 1 is 1.12 bits per heavy atom. The predicted molar refractivity (Wildman–Crippen MR) is 82.6 cm³/mol. The van der Waals surface area contributed by atoms with Gasteiger partial charge in [0, 0.05) is 12.7 Å². The lowest BCUT2D eigenvalue weighted by Gasteiger charge is -2.16. The number of fused-ring (bicyclic) bond motifs is 1. The minimum absolute atomic E-state index is 0.321. The largest absolute Gasteiger partial charge is 0.573 e. The van der Waals surface area contributed by atoms with Gasteiger partial charge in [-0.2, -0.15) is 0 Å². The molecular weight excluding hydrogens is 340 g/mol. The van der Waals surface area contributed by atoms with E-state index in [9.17, 15) is 17.6 Å². The molecule has 0 aliphatic heterocycles. The second kappa shape index (κ2) is 6.72. The fraction of sp³-hybridized carbons (Fsp3) is 0.235. The van der Waals surface area contributed by atoms with Crippen LogP contribution in [0.1, 0.15) is 24.4 Å². The molecule has 1 unspecified atom stereocenters. The van der Waals surface area contributed by atoms with Gasteiger partial charge in [0.05, 0.1) is 11.0 Å². The van der Waals surface area contributed by atoms with Crippen LogP contribution >= 0.6 is 0 Å². The van der Waals surface area contributed by atoms with Crippen LogP contribution < -0.4 is 4.74 Å². The Labute approximate surface area is 140 Å². The van der Waals surface area contributed by atoms with Crippen molar-refractivity contribution in [3.8, 4) is 5.75 Å². The van der Waals surface area contributed by atoms with E-state index in [1.807, 2.05) is 0 Å². The Hall–Kier alpha value is -2.61. The smallest absolute Gasteiger partial charge is 0.406 e. The first-order chi connectivity index (χ1) is 11.9. The van der Waals surface area contributed by atoms with E-state index in [1.54, 1.807) is 13.0 Å². The van der Waals surface area contributed by atoms with Crippen LogP contribution in [0.2, 0.25) is 0 Å². The van der Waals surface area contributed by atoms with E-state index in [2.05, 4.69) is 14.7 Å². The molecule has 1 heterocycles. The van der Waals surface area contributed by atoms with Crippen molar-refractivity contribution in [3.63, 3.8) is 0 Å². The van der Waals surface area contributed by atoms with E-state index in [-0.39, 0.29) is 5.75 Å². The van der Waals surface area contributed by atoms with Gasteiger partial charge in [-0.25, -0.2) is 9.37 Å². The van der Waals surface area contributed by atoms with Crippen LogP contribution in [-0.2, 0) is 4.74 Å². The first kappa shape index (κ1) is 17.2. The summed E-state index contributed by atoms with van der Waals surface area (Å²) in [5.74, 6) is -0.294. The summed E-state index contributed by atoms with van der Waals surface area (Å²) >= 11 is 0. The normalized spacial score (nSPS) is 13.2. The second-order valence-corrected chi connectivity index (χ2v) is 5.24. The fourth-order valence-electron chi connectivity index (χ4n) is 2.47. The van der Waals surface area contributed by atoms with Crippen molar-refractivity contribution in [2.75, 3.05) is 6.61 Å². The van der Waals surface area contributed by atoms with E-state index in [0.29, 0.717) is 29.0 Å². The van der Waals surface area contributed by atoms with E-state index < -0.39 is 18.3 Å². The zero-order valence-electron chi connectivity index (χ0n) is 13.1. The molecule has 0 fully saturated rings. The van der Waals surface area contributed by atoms with Gasteiger partial charge >= 0.3 is 6.36 Å². The van der Waals surface area contributed by atoms with Crippen molar-refractivity contribution in [3.05, 3.63) is 59.7 Å². The molecule has 3 aromatic rings. The minimum atomic E-state index is -4.75. The van der Waals surface area contributed by atoms with Crippen LogP contribution in [-0.4, -0.2) is 22.9 Å². The van der Waals surface area contributed by atoms with Crippen molar-refractivity contribution >= 4 is 11.0 Å². The molecule has 0 spiro atoms. The number of H-pyrrole nitrogens is 1. The van der Waals surface area contributed by atoms with Crippen LogP contribution in [0.15, 0.2) is 42.5 Å². The summed E-state index contributed by atoms with van der Waals surface area (Å²) in [6.45, 7) is 2.15. The summed E-state index contributed by atoms with van der Waals surface area (Å²) in [4.78, 5) is 7.36. The van der Waals surface area contributed by atoms with Gasteiger partial charge in [-0.05, 0) is 36.8 Å². The van der Waals surface area contributed by atoms with Gasteiger partial charge in [0.2, 0.25) is 0 Å². The Morgan fingerprint density at radius 2 is 1.84 bits per heavy atom. The highest BCUT2D eigenvalue weighted by Crippen LogP contribution is 2.29. The molecule has 2 aromatic carbocycles. The lowest BCUT2D eigenvalue weighted by atomic mass is 10.1. The number of halogens is 4. The molecule has 4 nitrogen and oxygen atoms in total. The number of aromatic nitrogens is 2. The highest BCUT2D eigenvalue weighted by atomic mass is 19.4. The summed E-state index contributed by atoms with van der Waals surface area (Å²) in [5, 5.41) is 0. The summed E-state index contributed by atoms with van der Waals surface area (Å²) in [6, 6.07) is 9.50. The molecule has 0 bridgehead atoms. The Balaban J connectivity index is 1.91. The number of alkyl halides is 3. The average molecular weight is 354 g/mol. The van der Waals surface area contributed by atoms with Crippen LogP contribution in [0.3, 0.4) is 0 Å². The average Bonchev–Trinajstić information content (AvgIpc) is 2.94. The van der Waals surface area contributed by atoms with Gasteiger partial charge in [0.25, 0.3) is 0 Å². The van der Waals surface area contributed by atoms with E-state index >= 15 is 0 Å². The van der Waals surface area contributed by atoms with Crippen molar-refractivity contribution in [1.82, 2.24) is 9.97 Å². The maximum atomic E-state index is 13.3. The maximum absolute atomic E-state index is 13.3. The number of aromatic amines is 1. The number of nitrogens with zero attached hydrogens (tertiary/aromatic N) is 1. The van der Waals surface area contributed by atoms with Gasteiger partial charge in [-0.1, -0.05) is 12.1 Å². The third kappa shape index (κ3) is 4.08. The standard InChI is InChI=1S/C17H14F4N2O2/c1-2-24-15(10-3-6-12(7-4-10)25-17(19,20)21)16-22-13-8-5-11(18)9-14(13)23-16/h3-9,15H,2H2,1H3,(H,22,23). The molecule has 8 heteroatoms. The Morgan fingerprint density at radius 3 is 2.48 bits per heavy atom. The Kier molecular flexibility index (Phi) is 4.63. The molecule has 25 heavy (non-hydrogen) atoms. The van der Waals surface area contributed by atoms with Crippen molar-refractivity contribution in [2.24, 2.45) is 0 Å². The van der Waals surface area contributed by atoms with Crippen LogP contribution in [0, 0.1) is 5.82 Å². The van der Waals surface area contributed by atoms with Crippen molar-refractivity contribution in [1.29, 1.82) is 0 Å². The third-order valence-electron chi connectivity index (χ3n) is 3.46. The molecule has 1 aromatic heterocycles. The topological polar surface area (TPSA) is 47.1 Å².